The molecule has 1 aromatic heterocycles. The monoisotopic (exact) mass is 285 g/mol. The molecule has 3 nitrogen and oxygen atoms in total. The molecule has 0 saturated carbocycles. The van der Waals surface area contributed by atoms with Crippen LogP contribution in [-0.4, -0.2) is 16.1 Å². The van der Waals surface area contributed by atoms with E-state index in [0.717, 1.165) is 31.8 Å². The Labute approximate surface area is 128 Å². The lowest BCUT2D eigenvalue weighted by molar-refractivity contribution is 0.530. The quantitative estimate of drug-likeness (QED) is 0.833. The summed E-state index contributed by atoms with van der Waals surface area (Å²) in [5.41, 5.74) is 3.98. The van der Waals surface area contributed by atoms with Crippen LogP contribution in [-0.2, 0) is 6.54 Å². The first-order valence-corrected chi connectivity index (χ1v) is 7.98. The predicted molar refractivity (Wildman–Crippen MR) is 88.6 cm³/mol. The van der Waals surface area contributed by atoms with Crippen LogP contribution in [0.5, 0.6) is 0 Å². The van der Waals surface area contributed by atoms with Crippen molar-refractivity contribution in [3.8, 4) is 0 Å². The Bertz CT molecular complexity index is 572. The average Bonchev–Trinajstić information content (AvgIpc) is 2.92. The smallest absolute Gasteiger partial charge is 0.130 e. The van der Waals surface area contributed by atoms with Gasteiger partial charge >= 0.3 is 0 Å². The molecule has 0 aliphatic heterocycles. The zero-order chi connectivity index (χ0) is 15.2. The fourth-order valence-electron chi connectivity index (χ4n) is 2.60. The summed E-state index contributed by atoms with van der Waals surface area (Å²) < 4.78 is 2.27. The Hall–Kier alpha value is -1.61. The Morgan fingerprint density at radius 1 is 1.14 bits per heavy atom. The number of aromatic nitrogens is 2. The summed E-state index contributed by atoms with van der Waals surface area (Å²) in [6.45, 7) is 10.7. The zero-order valence-electron chi connectivity index (χ0n) is 13.7. The van der Waals surface area contributed by atoms with Crippen molar-refractivity contribution in [3.63, 3.8) is 0 Å². The van der Waals surface area contributed by atoms with Crippen molar-refractivity contribution in [1.29, 1.82) is 0 Å². The lowest BCUT2D eigenvalue weighted by Gasteiger charge is -2.21. The minimum atomic E-state index is 0.172. The Balaban J connectivity index is 2.37. The van der Waals surface area contributed by atoms with Crippen molar-refractivity contribution in [1.82, 2.24) is 14.9 Å². The normalized spacial score (nSPS) is 12.6. The highest BCUT2D eigenvalue weighted by molar-refractivity contribution is 5.34. The van der Waals surface area contributed by atoms with E-state index in [1.165, 1.54) is 16.7 Å². The van der Waals surface area contributed by atoms with Crippen molar-refractivity contribution in [2.45, 2.75) is 53.1 Å². The van der Waals surface area contributed by atoms with Gasteiger partial charge in [0.05, 0.1) is 6.04 Å². The maximum absolute atomic E-state index is 4.62. The molecule has 0 aliphatic carbocycles. The number of hydrogen-bond donors (Lipinski definition) is 1. The zero-order valence-corrected chi connectivity index (χ0v) is 13.7. The molecule has 0 saturated heterocycles. The first-order valence-electron chi connectivity index (χ1n) is 7.98. The highest BCUT2D eigenvalue weighted by Crippen LogP contribution is 2.23. The second-order valence-corrected chi connectivity index (χ2v) is 5.71. The highest BCUT2D eigenvalue weighted by atomic mass is 15.1. The van der Waals surface area contributed by atoms with E-state index in [9.17, 15) is 0 Å². The summed E-state index contributed by atoms with van der Waals surface area (Å²) in [4.78, 5) is 4.62. The fraction of sp³-hybridized carbons (Fsp3) is 0.500. The first-order chi connectivity index (χ1) is 10.2. The van der Waals surface area contributed by atoms with E-state index >= 15 is 0 Å². The summed E-state index contributed by atoms with van der Waals surface area (Å²) in [6, 6.07) is 6.89. The molecule has 0 radical (unpaired) electrons. The number of nitrogens with zero attached hydrogens (tertiary/aromatic N) is 2. The third-order valence-electron chi connectivity index (χ3n) is 3.93. The average molecular weight is 285 g/mol. The van der Waals surface area contributed by atoms with E-state index in [4.69, 9.17) is 0 Å². The molecule has 1 N–H and O–H groups in total. The van der Waals surface area contributed by atoms with Crippen LogP contribution in [0.3, 0.4) is 0 Å². The van der Waals surface area contributed by atoms with Gasteiger partial charge in [-0.05, 0) is 49.9 Å². The summed E-state index contributed by atoms with van der Waals surface area (Å²) in [7, 11) is 0. The summed E-state index contributed by atoms with van der Waals surface area (Å²) in [6.07, 6.45) is 6.24. The number of nitrogens with one attached hydrogen (secondary N) is 1. The topological polar surface area (TPSA) is 29.9 Å². The van der Waals surface area contributed by atoms with E-state index in [2.05, 4.69) is 67.0 Å². The molecule has 2 aromatic rings. The van der Waals surface area contributed by atoms with Gasteiger partial charge in [-0.25, -0.2) is 4.98 Å². The molecule has 114 valence electrons. The number of rotatable bonds is 7. The van der Waals surface area contributed by atoms with Gasteiger partial charge in [-0.2, -0.15) is 0 Å². The molecule has 0 aliphatic rings. The number of aryl methyl sites for hydroxylation is 3. The molecule has 0 amide bonds. The van der Waals surface area contributed by atoms with Gasteiger partial charge in [0.2, 0.25) is 0 Å². The van der Waals surface area contributed by atoms with Gasteiger partial charge in [-0.15, -0.1) is 0 Å². The largest absolute Gasteiger partial charge is 0.333 e. The Morgan fingerprint density at radius 3 is 2.62 bits per heavy atom. The van der Waals surface area contributed by atoms with Crippen molar-refractivity contribution < 1.29 is 0 Å². The van der Waals surface area contributed by atoms with Gasteiger partial charge in [-0.3, -0.25) is 0 Å². The van der Waals surface area contributed by atoms with Crippen molar-refractivity contribution in [3.05, 3.63) is 53.1 Å². The first kappa shape index (κ1) is 15.8. The van der Waals surface area contributed by atoms with E-state index in [0.29, 0.717) is 0 Å². The third kappa shape index (κ3) is 3.73. The molecule has 2 rings (SSSR count). The molecule has 1 aromatic carbocycles. The van der Waals surface area contributed by atoms with E-state index in [1.54, 1.807) is 0 Å². The van der Waals surface area contributed by atoms with Gasteiger partial charge in [-0.1, -0.05) is 32.0 Å². The molecule has 3 heteroatoms. The van der Waals surface area contributed by atoms with Gasteiger partial charge in [0, 0.05) is 18.9 Å². The van der Waals surface area contributed by atoms with E-state index in [1.807, 2.05) is 6.20 Å². The second-order valence-electron chi connectivity index (χ2n) is 5.71. The minimum Gasteiger partial charge on any atom is -0.333 e. The molecule has 1 unspecified atom stereocenters. The standard InChI is InChI=1S/C18H27N3/c1-5-9-19-17(16-8-7-14(3)15(4)13-16)18-20-10-12-21(18)11-6-2/h7-8,10,12-13,17,19H,5-6,9,11H2,1-4H3. The van der Waals surface area contributed by atoms with Crippen molar-refractivity contribution in [2.24, 2.45) is 0 Å². The third-order valence-corrected chi connectivity index (χ3v) is 3.93. The number of benzene rings is 1. The van der Waals surface area contributed by atoms with Crippen molar-refractivity contribution >= 4 is 0 Å². The van der Waals surface area contributed by atoms with Gasteiger partial charge in [0.25, 0.3) is 0 Å². The molecule has 1 atom stereocenters. The van der Waals surface area contributed by atoms with Gasteiger partial charge in [0.15, 0.2) is 0 Å². The van der Waals surface area contributed by atoms with Gasteiger partial charge in [0.1, 0.15) is 5.82 Å². The maximum atomic E-state index is 4.62. The lowest BCUT2D eigenvalue weighted by Crippen LogP contribution is -2.26. The molecular formula is C18H27N3. The minimum absolute atomic E-state index is 0.172. The van der Waals surface area contributed by atoms with Crippen LogP contribution in [0.1, 0.15) is 55.2 Å². The summed E-state index contributed by atoms with van der Waals surface area (Å²) >= 11 is 0. The maximum Gasteiger partial charge on any atom is 0.130 e. The summed E-state index contributed by atoms with van der Waals surface area (Å²) in [5, 5.41) is 3.65. The van der Waals surface area contributed by atoms with Crippen LogP contribution in [0.25, 0.3) is 0 Å². The SMILES string of the molecule is CCCNC(c1ccc(C)c(C)c1)c1nccn1CCC. The Morgan fingerprint density at radius 2 is 1.95 bits per heavy atom. The highest BCUT2D eigenvalue weighted by Gasteiger charge is 2.18. The van der Waals surface area contributed by atoms with Crippen LogP contribution < -0.4 is 5.32 Å². The molecule has 21 heavy (non-hydrogen) atoms. The number of hydrogen-bond acceptors (Lipinski definition) is 2. The fourth-order valence-corrected chi connectivity index (χ4v) is 2.60. The van der Waals surface area contributed by atoms with Gasteiger partial charge < -0.3 is 9.88 Å². The van der Waals surface area contributed by atoms with E-state index < -0.39 is 0 Å². The molecule has 0 spiro atoms. The summed E-state index contributed by atoms with van der Waals surface area (Å²) in [5.74, 6) is 1.12. The Kier molecular flexibility index (Phi) is 5.57. The van der Waals surface area contributed by atoms with E-state index in [-0.39, 0.29) is 6.04 Å². The molecule has 1 heterocycles. The molecule has 0 bridgehead atoms. The van der Waals surface area contributed by atoms with Crippen LogP contribution >= 0.6 is 0 Å². The van der Waals surface area contributed by atoms with Crippen LogP contribution in [0, 0.1) is 13.8 Å². The predicted octanol–water partition coefficient (Wildman–Crippen LogP) is 4.00. The lowest BCUT2D eigenvalue weighted by atomic mass is 10.00. The van der Waals surface area contributed by atoms with Crippen LogP contribution in [0.2, 0.25) is 0 Å². The number of imidazole rings is 1. The van der Waals surface area contributed by atoms with Crippen molar-refractivity contribution in [2.75, 3.05) is 6.54 Å². The van der Waals surface area contributed by atoms with Crippen LogP contribution in [0.15, 0.2) is 30.6 Å². The van der Waals surface area contributed by atoms with Crippen LogP contribution in [0.4, 0.5) is 0 Å². The molecular weight excluding hydrogens is 258 g/mol. The second kappa shape index (κ2) is 7.41. The molecule has 0 fully saturated rings.